The van der Waals surface area contributed by atoms with Gasteiger partial charge in [0.05, 0.1) is 5.92 Å². The molecular formula is C17H19N3O4. The van der Waals surface area contributed by atoms with Crippen LogP contribution < -0.4 is 0 Å². The van der Waals surface area contributed by atoms with Gasteiger partial charge in [0.1, 0.15) is 0 Å². The Bertz CT molecular complexity index is 749. The molecule has 24 heavy (non-hydrogen) atoms. The van der Waals surface area contributed by atoms with Gasteiger partial charge in [-0.1, -0.05) is 6.92 Å². The quantitative estimate of drug-likeness (QED) is 0.874. The van der Waals surface area contributed by atoms with Crippen molar-refractivity contribution in [1.82, 2.24) is 15.1 Å². The third kappa shape index (κ3) is 3.45. The van der Waals surface area contributed by atoms with Gasteiger partial charge in [0.2, 0.25) is 11.8 Å². The molecule has 1 fully saturated rings. The first kappa shape index (κ1) is 16.2. The van der Waals surface area contributed by atoms with Gasteiger partial charge in [-0.3, -0.25) is 9.59 Å². The number of aromatic nitrogens is 2. The van der Waals surface area contributed by atoms with Crippen molar-refractivity contribution < 1.29 is 19.1 Å². The summed E-state index contributed by atoms with van der Waals surface area (Å²) in [5, 5.41) is 16.8. The summed E-state index contributed by atoms with van der Waals surface area (Å²) < 4.78 is 5.36. The second-order valence-electron chi connectivity index (χ2n) is 6.13. The Balaban J connectivity index is 1.76. The molecule has 0 spiro atoms. The van der Waals surface area contributed by atoms with Crippen LogP contribution in [-0.2, 0) is 4.79 Å². The molecule has 0 radical (unpaired) electrons. The summed E-state index contributed by atoms with van der Waals surface area (Å²) >= 11 is 0. The third-order valence-electron chi connectivity index (χ3n) is 4.05. The Hall–Kier alpha value is -2.70. The van der Waals surface area contributed by atoms with Crippen molar-refractivity contribution in [3.63, 3.8) is 0 Å². The number of aliphatic carboxylic acids is 1. The number of hydrogen-bond acceptors (Lipinski definition) is 5. The van der Waals surface area contributed by atoms with Crippen molar-refractivity contribution in [3.05, 3.63) is 35.7 Å². The smallest absolute Gasteiger partial charge is 0.308 e. The van der Waals surface area contributed by atoms with Gasteiger partial charge in [-0.25, -0.2) is 0 Å². The highest BCUT2D eigenvalue weighted by molar-refractivity contribution is 5.95. The average molecular weight is 329 g/mol. The van der Waals surface area contributed by atoms with E-state index in [2.05, 4.69) is 10.2 Å². The average Bonchev–Trinajstić information content (AvgIpc) is 3.32. The van der Waals surface area contributed by atoms with Crippen LogP contribution in [0.3, 0.4) is 0 Å². The molecular weight excluding hydrogens is 310 g/mol. The molecule has 7 heteroatoms. The van der Waals surface area contributed by atoms with Crippen LogP contribution in [0, 0.1) is 12.8 Å². The molecule has 1 saturated carbocycles. The van der Waals surface area contributed by atoms with Gasteiger partial charge in [0.15, 0.2) is 0 Å². The molecule has 1 aliphatic carbocycles. The lowest BCUT2D eigenvalue weighted by atomic mass is 10.1. The summed E-state index contributed by atoms with van der Waals surface area (Å²) in [6, 6.07) is 7.07. The molecule has 1 amide bonds. The number of amides is 1. The molecule has 1 aromatic carbocycles. The Morgan fingerprint density at radius 1 is 1.29 bits per heavy atom. The van der Waals surface area contributed by atoms with Crippen LogP contribution >= 0.6 is 0 Å². The predicted octanol–water partition coefficient (Wildman–Crippen LogP) is 2.37. The minimum Gasteiger partial charge on any atom is -0.481 e. The molecule has 0 saturated heterocycles. The summed E-state index contributed by atoms with van der Waals surface area (Å²) in [6.07, 6.45) is 1.86. The van der Waals surface area contributed by atoms with Crippen LogP contribution in [0.5, 0.6) is 0 Å². The van der Waals surface area contributed by atoms with Crippen LogP contribution in [0.15, 0.2) is 28.7 Å². The number of carboxylic acid groups (broad SMARTS) is 1. The molecule has 126 valence electrons. The Morgan fingerprint density at radius 2 is 1.96 bits per heavy atom. The van der Waals surface area contributed by atoms with Crippen molar-refractivity contribution in [2.24, 2.45) is 5.92 Å². The maximum absolute atomic E-state index is 12.7. The second-order valence-corrected chi connectivity index (χ2v) is 6.13. The lowest BCUT2D eigenvalue weighted by molar-refractivity contribution is -0.141. The largest absolute Gasteiger partial charge is 0.481 e. The van der Waals surface area contributed by atoms with Gasteiger partial charge in [-0.15, -0.1) is 10.2 Å². The zero-order valence-corrected chi connectivity index (χ0v) is 13.6. The maximum atomic E-state index is 12.7. The van der Waals surface area contributed by atoms with E-state index >= 15 is 0 Å². The maximum Gasteiger partial charge on any atom is 0.308 e. The highest BCUT2D eigenvalue weighted by Gasteiger charge is 2.34. The standard InChI is InChI=1S/C17H19N3O4/c1-10(17(22)23)9-20(14-7-8-14)16(21)13-5-3-12(4-6-13)15-19-18-11(2)24-15/h3-6,10,14H,7-9H2,1-2H3,(H,22,23). The molecule has 1 unspecified atom stereocenters. The molecule has 0 bridgehead atoms. The van der Waals surface area contributed by atoms with Crippen molar-refractivity contribution >= 4 is 11.9 Å². The van der Waals surface area contributed by atoms with E-state index in [4.69, 9.17) is 9.52 Å². The van der Waals surface area contributed by atoms with Crippen LogP contribution in [0.4, 0.5) is 0 Å². The van der Waals surface area contributed by atoms with E-state index in [9.17, 15) is 9.59 Å². The van der Waals surface area contributed by atoms with Crippen LogP contribution in [0.1, 0.15) is 36.0 Å². The van der Waals surface area contributed by atoms with Gasteiger partial charge < -0.3 is 14.4 Å². The highest BCUT2D eigenvalue weighted by Crippen LogP contribution is 2.29. The number of benzene rings is 1. The number of carboxylic acids is 1. The van der Waals surface area contributed by atoms with Crippen LogP contribution in [0.2, 0.25) is 0 Å². The van der Waals surface area contributed by atoms with Crippen molar-refractivity contribution in [1.29, 1.82) is 0 Å². The molecule has 1 N–H and O–H groups in total. The van der Waals surface area contributed by atoms with E-state index in [1.54, 1.807) is 43.0 Å². The normalized spacial score (nSPS) is 15.1. The predicted molar refractivity (Wildman–Crippen MR) is 85.3 cm³/mol. The first-order valence-electron chi connectivity index (χ1n) is 7.90. The number of rotatable bonds is 6. The molecule has 1 aromatic heterocycles. The third-order valence-corrected chi connectivity index (χ3v) is 4.05. The molecule has 0 aliphatic heterocycles. The van der Waals surface area contributed by atoms with Crippen LogP contribution in [0.25, 0.3) is 11.5 Å². The lowest BCUT2D eigenvalue weighted by Gasteiger charge is -2.24. The minimum atomic E-state index is -0.893. The van der Waals surface area contributed by atoms with Gasteiger partial charge in [-0.2, -0.15) is 0 Å². The number of hydrogen-bond donors (Lipinski definition) is 1. The number of carbonyl (C=O) groups is 2. The number of aryl methyl sites for hydroxylation is 1. The van der Waals surface area contributed by atoms with E-state index in [1.807, 2.05) is 0 Å². The fraction of sp³-hybridized carbons (Fsp3) is 0.412. The number of carbonyl (C=O) groups excluding carboxylic acids is 1. The minimum absolute atomic E-state index is 0.140. The summed E-state index contributed by atoms with van der Waals surface area (Å²) in [5.74, 6) is -0.734. The molecule has 7 nitrogen and oxygen atoms in total. The molecule has 1 aliphatic rings. The zero-order valence-electron chi connectivity index (χ0n) is 13.6. The fourth-order valence-electron chi connectivity index (χ4n) is 2.49. The summed E-state index contributed by atoms with van der Waals surface area (Å²) in [4.78, 5) is 25.5. The Labute approximate surface area is 139 Å². The molecule has 1 atom stereocenters. The molecule has 3 rings (SSSR count). The SMILES string of the molecule is Cc1nnc(-c2ccc(C(=O)N(CC(C)C(=O)O)C3CC3)cc2)o1. The molecule has 1 heterocycles. The Kier molecular flexibility index (Phi) is 4.33. The van der Waals surface area contributed by atoms with Gasteiger partial charge >= 0.3 is 5.97 Å². The van der Waals surface area contributed by atoms with E-state index < -0.39 is 11.9 Å². The summed E-state index contributed by atoms with van der Waals surface area (Å²) in [7, 11) is 0. The van der Waals surface area contributed by atoms with E-state index in [0.29, 0.717) is 17.3 Å². The van der Waals surface area contributed by atoms with Gasteiger partial charge in [-0.05, 0) is 37.1 Å². The van der Waals surface area contributed by atoms with Crippen LogP contribution in [-0.4, -0.2) is 44.7 Å². The fourth-order valence-corrected chi connectivity index (χ4v) is 2.49. The first-order chi connectivity index (χ1) is 11.5. The highest BCUT2D eigenvalue weighted by atomic mass is 16.4. The van der Waals surface area contributed by atoms with Crippen molar-refractivity contribution in [2.45, 2.75) is 32.7 Å². The topological polar surface area (TPSA) is 96.5 Å². The van der Waals surface area contributed by atoms with Gasteiger partial charge in [0, 0.05) is 30.6 Å². The molecule has 2 aromatic rings. The monoisotopic (exact) mass is 329 g/mol. The van der Waals surface area contributed by atoms with Gasteiger partial charge in [0.25, 0.3) is 5.91 Å². The number of nitrogens with zero attached hydrogens (tertiary/aromatic N) is 3. The Morgan fingerprint density at radius 3 is 2.46 bits per heavy atom. The lowest BCUT2D eigenvalue weighted by Crippen LogP contribution is -2.38. The first-order valence-corrected chi connectivity index (χ1v) is 7.90. The van der Waals surface area contributed by atoms with Crippen molar-refractivity contribution in [2.75, 3.05) is 6.54 Å². The van der Waals surface area contributed by atoms with Crippen molar-refractivity contribution in [3.8, 4) is 11.5 Å². The zero-order chi connectivity index (χ0) is 17.3. The second kappa shape index (κ2) is 6.43. The van der Waals surface area contributed by atoms with E-state index in [1.165, 1.54) is 0 Å². The summed E-state index contributed by atoms with van der Waals surface area (Å²) in [5.41, 5.74) is 1.27. The van der Waals surface area contributed by atoms with E-state index in [0.717, 1.165) is 18.4 Å². The van der Waals surface area contributed by atoms with E-state index in [-0.39, 0.29) is 18.5 Å². The summed E-state index contributed by atoms with van der Waals surface area (Å²) in [6.45, 7) is 3.56.